The van der Waals surface area contributed by atoms with Gasteiger partial charge in [0.15, 0.2) is 0 Å². The molecule has 0 spiro atoms. The SMILES string of the molecule is Nc1nc(N2CCC(O)CC2)c2ccccc2n1. The van der Waals surface area contributed by atoms with Crippen LogP contribution in [0.25, 0.3) is 10.9 Å². The maximum absolute atomic E-state index is 9.56. The third-order valence-electron chi connectivity index (χ3n) is 3.36. The molecule has 5 heteroatoms. The van der Waals surface area contributed by atoms with Crippen molar-refractivity contribution in [3.63, 3.8) is 0 Å². The van der Waals surface area contributed by atoms with Gasteiger partial charge in [0.1, 0.15) is 5.82 Å². The Balaban J connectivity index is 2.05. The van der Waals surface area contributed by atoms with Gasteiger partial charge in [0.05, 0.1) is 11.6 Å². The highest BCUT2D eigenvalue weighted by atomic mass is 16.3. The standard InChI is InChI=1S/C13H16N4O/c14-13-15-11-4-2-1-3-10(11)12(16-13)17-7-5-9(18)6-8-17/h1-4,9,18H,5-8H2,(H2,14,15,16). The van der Waals surface area contributed by atoms with Crippen molar-refractivity contribution in [3.05, 3.63) is 24.3 Å². The molecule has 0 amide bonds. The number of hydrogen-bond acceptors (Lipinski definition) is 5. The molecule has 1 aromatic heterocycles. The number of benzene rings is 1. The molecule has 1 saturated heterocycles. The third kappa shape index (κ3) is 1.97. The van der Waals surface area contributed by atoms with E-state index in [-0.39, 0.29) is 6.10 Å². The first-order chi connectivity index (χ1) is 8.74. The lowest BCUT2D eigenvalue weighted by Crippen LogP contribution is -2.36. The van der Waals surface area contributed by atoms with Crippen LogP contribution in [0.15, 0.2) is 24.3 Å². The van der Waals surface area contributed by atoms with E-state index >= 15 is 0 Å². The fourth-order valence-corrected chi connectivity index (χ4v) is 2.40. The topological polar surface area (TPSA) is 75.3 Å². The monoisotopic (exact) mass is 244 g/mol. The van der Waals surface area contributed by atoms with Gasteiger partial charge in [0.2, 0.25) is 5.95 Å². The second-order valence-electron chi connectivity index (χ2n) is 4.64. The van der Waals surface area contributed by atoms with Crippen molar-refractivity contribution in [1.82, 2.24) is 9.97 Å². The molecule has 0 saturated carbocycles. The van der Waals surface area contributed by atoms with Crippen molar-refractivity contribution < 1.29 is 5.11 Å². The Morgan fingerprint density at radius 1 is 1.17 bits per heavy atom. The molecule has 0 aliphatic carbocycles. The molecule has 2 heterocycles. The van der Waals surface area contributed by atoms with E-state index in [4.69, 9.17) is 5.73 Å². The lowest BCUT2D eigenvalue weighted by Gasteiger charge is -2.31. The van der Waals surface area contributed by atoms with E-state index in [2.05, 4.69) is 14.9 Å². The maximum Gasteiger partial charge on any atom is 0.222 e. The summed E-state index contributed by atoms with van der Waals surface area (Å²) in [7, 11) is 0. The van der Waals surface area contributed by atoms with Crippen LogP contribution in [0.2, 0.25) is 0 Å². The van der Waals surface area contributed by atoms with Gasteiger partial charge in [-0.3, -0.25) is 0 Å². The number of anilines is 2. The van der Waals surface area contributed by atoms with Crippen LogP contribution >= 0.6 is 0 Å². The average molecular weight is 244 g/mol. The molecule has 94 valence electrons. The lowest BCUT2D eigenvalue weighted by molar-refractivity contribution is 0.145. The van der Waals surface area contributed by atoms with Gasteiger partial charge in [-0.05, 0) is 25.0 Å². The number of aliphatic hydroxyl groups is 1. The Kier molecular flexibility index (Phi) is 2.76. The number of para-hydroxylation sites is 1. The quantitative estimate of drug-likeness (QED) is 0.787. The normalized spacial score (nSPS) is 17.3. The van der Waals surface area contributed by atoms with Crippen LogP contribution in [0, 0.1) is 0 Å². The second-order valence-corrected chi connectivity index (χ2v) is 4.64. The minimum absolute atomic E-state index is 0.188. The van der Waals surface area contributed by atoms with E-state index < -0.39 is 0 Å². The van der Waals surface area contributed by atoms with Gasteiger partial charge in [-0.15, -0.1) is 0 Å². The number of hydrogen-bond donors (Lipinski definition) is 2. The van der Waals surface area contributed by atoms with Crippen molar-refractivity contribution in [2.75, 3.05) is 23.7 Å². The van der Waals surface area contributed by atoms with Crippen molar-refractivity contribution in [3.8, 4) is 0 Å². The molecule has 0 atom stereocenters. The zero-order valence-corrected chi connectivity index (χ0v) is 10.1. The highest BCUT2D eigenvalue weighted by Crippen LogP contribution is 2.26. The van der Waals surface area contributed by atoms with Gasteiger partial charge in [-0.25, -0.2) is 4.98 Å². The zero-order chi connectivity index (χ0) is 12.5. The largest absolute Gasteiger partial charge is 0.393 e. The lowest BCUT2D eigenvalue weighted by atomic mass is 10.1. The Hall–Kier alpha value is -1.88. The van der Waals surface area contributed by atoms with Crippen molar-refractivity contribution in [1.29, 1.82) is 0 Å². The van der Waals surface area contributed by atoms with Crippen LogP contribution in [0.4, 0.5) is 11.8 Å². The molecule has 1 aliphatic heterocycles. The Labute approximate surface area is 105 Å². The first kappa shape index (κ1) is 11.2. The number of nitrogen functional groups attached to an aromatic ring is 1. The molecule has 3 rings (SSSR count). The maximum atomic E-state index is 9.56. The number of piperidine rings is 1. The molecule has 0 radical (unpaired) electrons. The van der Waals surface area contributed by atoms with Crippen LogP contribution in [-0.4, -0.2) is 34.3 Å². The number of aliphatic hydroxyl groups excluding tert-OH is 1. The Bertz CT molecular complexity index is 564. The van der Waals surface area contributed by atoms with Crippen LogP contribution < -0.4 is 10.6 Å². The smallest absolute Gasteiger partial charge is 0.222 e. The summed E-state index contributed by atoms with van der Waals surface area (Å²) in [5.41, 5.74) is 6.63. The van der Waals surface area contributed by atoms with Gasteiger partial charge in [-0.1, -0.05) is 12.1 Å². The van der Waals surface area contributed by atoms with Gasteiger partial charge < -0.3 is 15.7 Å². The summed E-state index contributed by atoms with van der Waals surface area (Å²) in [4.78, 5) is 10.8. The summed E-state index contributed by atoms with van der Waals surface area (Å²) in [5.74, 6) is 1.18. The summed E-state index contributed by atoms with van der Waals surface area (Å²) in [6, 6.07) is 7.87. The predicted octanol–water partition coefficient (Wildman–Crippen LogP) is 1.17. The minimum atomic E-state index is -0.188. The van der Waals surface area contributed by atoms with Crippen LogP contribution in [0.3, 0.4) is 0 Å². The van der Waals surface area contributed by atoms with Crippen LogP contribution in [0.5, 0.6) is 0 Å². The van der Waals surface area contributed by atoms with Crippen LogP contribution in [-0.2, 0) is 0 Å². The molecule has 1 fully saturated rings. The molecule has 18 heavy (non-hydrogen) atoms. The molecule has 2 aromatic rings. The highest BCUT2D eigenvalue weighted by Gasteiger charge is 2.20. The van der Waals surface area contributed by atoms with E-state index in [1.807, 2.05) is 24.3 Å². The van der Waals surface area contributed by atoms with Crippen LogP contribution in [0.1, 0.15) is 12.8 Å². The molecule has 0 unspecified atom stereocenters. The summed E-state index contributed by atoms with van der Waals surface area (Å²) in [5, 5.41) is 10.6. The number of nitrogens with two attached hydrogens (primary N) is 1. The first-order valence-electron chi connectivity index (χ1n) is 6.19. The van der Waals surface area contributed by atoms with E-state index in [1.165, 1.54) is 0 Å². The van der Waals surface area contributed by atoms with Gasteiger partial charge in [-0.2, -0.15) is 4.98 Å². The summed E-state index contributed by atoms with van der Waals surface area (Å²) < 4.78 is 0. The molecule has 5 nitrogen and oxygen atoms in total. The van der Waals surface area contributed by atoms with E-state index in [0.29, 0.717) is 5.95 Å². The van der Waals surface area contributed by atoms with E-state index in [0.717, 1.165) is 42.7 Å². The third-order valence-corrected chi connectivity index (χ3v) is 3.36. The number of fused-ring (bicyclic) bond motifs is 1. The Morgan fingerprint density at radius 2 is 1.89 bits per heavy atom. The molecular weight excluding hydrogens is 228 g/mol. The van der Waals surface area contributed by atoms with Crippen molar-refractivity contribution in [2.24, 2.45) is 0 Å². The second kappa shape index (κ2) is 4.42. The molecule has 3 N–H and O–H groups in total. The fraction of sp³-hybridized carbons (Fsp3) is 0.385. The summed E-state index contributed by atoms with van der Waals surface area (Å²) in [6.07, 6.45) is 1.36. The highest BCUT2D eigenvalue weighted by molar-refractivity contribution is 5.90. The summed E-state index contributed by atoms with van der Waals surface area (Å²) >= 11 is 0. The molecule has 1 aliphatic rings. The molecular formula is C13H16N4O. The molecule has 0 bridgehead atoms. The number of aromatic nitrogens is 2. The van der Waals surface area contributed by atoms with Gasteiger partial charge >= 0.3 is 0 Å². The van der Waals surface area contributed by atoms with Crippen molar-refractivity contribution >= 4 is 22.7 Å². The van der Waals surface area contributed by atoms with Gasteiger partial charge in [0, 0.05) is 18.5 Å². The molecule has 1 aromatic carbocycles. The van der Waals surface area contributed by atoms with E-state index in [9.17, 15) is 5.11 Å². The average Bonchev–Trinajstić information content (AvgIpc) is 2.38. The van der Waals surface area contributed by atoms with E-state index in [1.54, 1.807) is 0 Å². The Morgan fingerprint density at radius 3 is 2.67 bits per heavy atom. The minimum Gasteiger partial charge on any atom is -0.393 e. The summed E-state index contributed by atoms with van der Waals surface area (Å²) in [6.45, 7) is 1.61. The number of rotatable bonds is 1. The predicted molar refractivity (Wildman–Crippen MR) is 71.4 cm³/mol. The number of nitrogens with zero attached hydrogens (tertiary/aromatic N) is 3. The fourth-order valence-electron chi connectivity index (χ4n) is 2.40. The zero-order valence-electron chi connectivity index (χ0n) is 10.1. The first-order valence-corrected chi connectivity index (χ1v) is 6.19. The van der Waals surface area contributed by atoms with Crippen molar-refractivity contribution in [2.45, 2.75) is 18.9 Å². The van der Waals surface area contributed by atoms with Gasteiger partial charge in [0.25, 0.3) is 0 Å².